The number of esters is 1. The third-order valence-electron chi connectivity index (χ3n) is 3.54. The van der Waals surface area contributed by atoms with E-state index in [1.54, 1.807) is 19.1 Å². The molecule has 28 heavy (non-hydrogen) atoms. The molecule has 10 heteroatoms. The molecule has 0 saturated carbocycles. The van der Waals surface area contributed by atoms with E-state index in [-0.39, 0.29) is 22.2 Å². The number of benzene rings is 2. The lowest BCUT2D eigenvalue weighted by Crippen LogP contribution is -2.22. The van der Waals surface area contributed by atoms with Crippen LogP contribution in [0.4, 0.5) is 10.1 Å². The maximum Gasteiger partial charge on any atom is 0.316 e. The molecular formula is C18H19FN2O5S2. The highest BCUT2D eigenvalue weighted by atomic mass is 32.2. The van der Waals surface area contributed by atoms with Crippen LogP contribution >= 0.6 is 11.8 Å². The number of hydrogen-bond acceptors (Lipinski definition) is 6. The third-order valence-corrected chi connectivity index (χ3v) is 5.57. The molecule has 3 N–H and O–H groups in total. The fourth-order valence-corrected chi connectivity index (χ4v) is 3.79. The van der Waals surface area contributed by atoms with E-state index in [0.29, 0.717) is 11.3 Å². The zero-order valence-corrected chi connectivity index (χ0v) is 16.6. The molecule has 0 atom stereocenters. The second-order valence-corrected chi connectivity index (χ2v) is 8.37. The van der Waals surface area contributed by atoms with Crippen molar-refractivity contribution in [2.45, 2.75) is 17.6 Å². The maximum absolute atomic E-state index is 12.8. The highest BCUT2D eigenvalue weighted by Gasteiger charge is 2.14. The number of ether oxygens (including phenoxy) is 1. The second kappa shape index (κ2) is 9.67. The molecule has 0 aliphatic heterocycles. The van der Waals surface area contributed by atoms with E-state index in [1.807, 2.05) is 0 Å². The Bertz CT molecular complexity index is 962. The molecule has 150 valence electrons. The summed E-state index contributed by atoms with van der Waals surface area (Å²) in [7, 11) is -3.91. The van der Waals surface area contributed by atoms with Crippen LogP contribution in [-0.4, -0.2) is 32.7 Å². The number of hydrogen-bond donors (Lipinski definition) is 2. The molecule has 2 rings (SSSR count). The Balaban J connectivity index is 1.77. The molecule has 0 saturated heterocycles. The first-order chi connectivity index (χ1) is 13.1. The summed E-state index contributed by atoms with van der Waals surface area (Å²) < 4.78 is 40.7. The third kappa shape index (κ3) is 6.95. The molecule has 0 spiro atoms. The summed E-state index contributed by atoms with van der Waals surface area (Å²) in [4.78, 5) is 23.5. The standard InChI is InChI=1S/C18H19FN2O5S2/c1-12-2-7-15(8-16(12)28(20,24)25)21-17(22)9-26-18(23)11-27-10-13-3-5-14(19)6-4-13/h2-8H,9-11H2,1H3,(H,21,22)(H2,20,24,25). The van der Waals surface area contributed by atoms with Crippen molar-refractivity contribution in [1.82, 2.24) is 0 Å². The van der Waals surface area contributed by atoms with Gasteiger partial charge in [0.25, 0.3) is 5.91 Å². The average molecular weight is 426 g/mol. The van der Waals surface area contributed by atoms with E-state index in [2.05, 4.69) is 5.32 Å². The van der Waals surface area contributed by atoms with E-state index in [0.717, 1.165) is 5.56 Å². The number of anilines is 1. The lowest BCUT2D eigenvalue weighted by atomic mass is 10.2. The second-order valence-electron chi connectivity index (χ2n) is 5.85. The molecule has 2 aromatic rings. The van der Waals surface area contributed by atoms with Crippen LogP contribution in [0.15, 0.2) is 47.4 Å². The van der Waals surface area contributed by atoms with Crippen molar-refractivity contribution in [2.24, 2.45) is 5.14 Å². The van der Waals surface area contributed by atoms with E-state index < -0.39 is 28.5 Å². The summed E-state index contributed by atoms with van der Waals surface area (Å²) in [6.07, 6.45) is 0. The minimum atomic E-state index is -3.91. The molecular weight excluding hydrogens is 407 g/mol. The summed E-state index contributed by atoms with van der Waals surface area (Å²) in [5.74, 6) is -0.979. The van der Waals surface area contributed by atoms with E-state index in [9.17, 15) is 22.4 Å². The number of aryl methyl sites for hydroxylation is 1. The zero-order valence-electron chi connectivity index (χ0n) is 15.0. The number of thioether (sulfide) groups is 1. The van der Waals surface area contributed by atoms with Gasteiger partial charge in [-0.3, -0.25) is 9.59 Å². The van der Waals surface area contributed by atoms with Crippen molar-refractivity contribution < 1.29 is 27.1 Å². The number of nitrogens with one attached hydrogen (secondary N) is 1. The van der Waals surface area contributed by atoms with Gasteiger partial charge in [-0.2, -0.15) is 0 Å². The van der Waals surface area contributed by atoms with Gasteiger partial charge < -0.3 is 10.1 Å². The van der Waals surface area contributed by atoms with Crippen LogP contribution in [0.5, 0.6) is 0 Å². The first-order valence-electron chi connectivity index (χ1n) is 8.06. The summed E-state index contributed by atoms with van der Waals surface area (Å²) >= 11 is 1.27. The number of nitrogens with two attached hydrogens (primary N) is 1. The largest absolute Gasteiger partial charge is 0.455 e. The molecule has 7 nitrogen and oxygen atoms in total. The van der Waals surface area contributed by atoms with Gasteiger partial charge in [-0.25, -0.2) is 17.9 Å². The summed E-state index contributed by atoms with van der Waals surface area (Å²) in [5, 5.41) is 7.57. The predicted octanol–water partition coefficient (Wildman–Crippen LogP) is 2.20. The molecule has 0 fully saturated rings. The Kier molecular flexibility index (Phi) is 7.55. The van der Waals surface area contributed by atoms with Crippen LogP contribution in [0.1, 0.15) is 11.1 Å². The van der Waals surface area contributed by atoms with Crippen molar-refractivity contribution in [3.05, 3.63) is 59.4 Å². The number of primary sulfonamides is 1. The van der Waals surface area contributed by atoms with Gasteiger partial charge in [0.1, 0.15) is 5.82 Å². The molecule has 0 aliphatic carbocycles. The smallest absolute Gasteiger partial charge is 0.316 e. The van der Waals surface area contributed by atoms with Crippen molar-refractivity contribution in [3.8, 4) is 0 Å². The van der Waals surface area contributed by atoms with Crippen LogP contribution in [-0.2, 0) is 30.1 Å². The van der Waals surface area contributed by atoms with Gasteiger partial charge in [0.15, 0.2) is 6.61 Å². The van der Waals surface area contributed by atoms with E-state index in [4.69, 9.17) is 9.88 Å². The molecule has 0 aromatic heterocycles. The van der Waals surface area contributed by atoms with Crippen molar-refractivity contribution in [2.75, 3.05) is 17.7 Å². The monoisotopic (exact) mass is 426 g/mol. The van der Waals surface area contributed by atoms with Crippen LogP contribution in [0.25, 0.3) is 0 Å². The summed E-state index contributed by atoms with van der Waals surface area (Å²) in [5.41, 5.74) is 1.54. The predicted molar refractivity (Wildman–Crippen MR) is 105 cm³/mol. The fourth-order valence-electron chi connectivity index (χ4n) is 2.20. The van der Waals surface area contributed by atoms with Gasteiger partial charge in [0.2, 0.25) is 10.0 Å². The minimum Gasteiger partial charge on any atom is -0.455 e. The lowest BCUT2D eigenvalue weighted by molar-refractivity contribution is -0.144. The van der Waals surface area contributed by atoms with Crippen molar-refractivity contribution in [1.29, 1.82) is 0 Å². The molecule has 2 aromatic carbocycles. The molecule has 0 heterocycles. The van der Waals surface area contributed by atoms with Crippen LogP contribution in [0, 0.1) is 12.7 Å². The maximum atomic E-state index is 12.8. The Labute approximate surface area is 166 Å². The first-order valence-corrected chi connectivity index (χ1v) is 10.8. The van der Waals surface area contributed by atoms with E-state index in [1.165, 1.54) is 42.1 Å². The number of rotatable bonds is 8. The Morgan fingerprint density at radius 3 is 2.50 bits per heavy atom. The van der Waals surface area contributed by atoms with Gasteiger partial charge >= 0.3 is 5.97 Å². The Morgan fingerprint density at radius 2 is 1.86 bits per heavy atom. The summed E-state index contributed by atoms with van der Waals surface area (Å²) in [6, 6.07) is 10.2. The van der Waals surface area contributed by atoms with Gasteiger partial charge in [0, 0.05) is 11.4 Å². The first kappa shape index (κ1) is 21.9. The van der Waals surface area contributed by atoms with E-state index >= 15 is 0 Å². The molecule has 0 radical (unpaired) electrons. The van der Waals surface area contributed by atoms with Crippen LogP contribution < -0.4 is 10.5 Å². The van der Waals surface area contributed by atoms with Crippen LogP contribution in [0.2, 0.25) is 0 Å². The zero-order chi connectivity index (χ0) is 20.7. The normalized spacial score (nSPS) is 11.1. The minimum absolute atomic E-state index is 0.0325. The molecule has 1 amide bonds. The molecule has 0 aliphatic rings. The topological polar surface area (TPSA) is 116 Å². The fraction of sp³-hybridized carbons (Fsp3) is 0.222. The quantitative estimate of drug-likeness (QED) is 0.625. The number of carbonyl (C=O) groups is 2. The molecule has 0 unspecified atom stereocenters. The summed E-state index contributed by atoms with van der Waals surface area (Å²) in [6.45, 7) is 1.07. The van der Waals surface area contributed by atoms with Gasteiger partial charge in [-0.15, -0.1) is 11.8 Å². The van der Waals surface area contributed by atoms with Crippen molar-refractivity contribution >= 4 is 39.3 Å². The lowest BCUT2D eigenvalue weighted by Gasteiger charge is -2.09. The van der Waals surface area contributed by atoms with Crippen LogP contribution in [0.3, 0.4) is 0 Å². The SMILES string of the molecule is Cc1ccc(NC(=O)COC(=O)CSCc2ccc(F)cc2)cc1S(N)(=O)=O. The van der Waals surface area contributed by atoms with Gasteiger partial charge in [-0.1, -0.05) is 18.2 Å². The number of amides is 1. The highest BCUT2D eigenvalue weighted by molar-refractivity contribution is 7.99. The average Bonchev–Trinajstić information content (AvgIpc) is 2.62. The number of carbonyl (C=O) groups excluding carboxylic acids is 2. The van der Waals surface area contributed by atoms with Crippen molar-refractivity contribution in [3.63, 3.8) is 0 Å². The Morgan fingerprint density at radius 1 is 1.18 bits per heavy atom. The van der Waals surface area contributed by atoms with Gasteiger partial charge in [0.05, 0.1) is 10.6 Å². The number of sulfonamides is 1. The highest BCUT2D eigenvalue weighted by Crippen LogP contribution is 2.19. The number of halogens is 1. The molecule has 0 bridgehead atoms. The van der Waals surface area contributed by atoms with Gasteiger partial charge in [-0.05, 0) is 42.3 Å². The Hall–Kier alpha value is -2.43.